The summed E-state index contributed by atoms with van der Waals surface area (Å²) in [6.45, 7) is 4.78. The Hall–Kier alpha value is -2.37. The summed E-state index contributed by atoms with van der Waals surface area (Å²) < 4.78 is 11.4. The molecule has 1 fully saturated rings. The van der Waals surface area contributed by atoms with Crippen LogP contribution in [0.3, 0.4) is 0 Å². The number of benzene rings is 2. The standard InChI is InChI=1S/C25H35N3O2/c1-26-25(28(2)15-12-21-13-16-29-17-14-21)27-18-23-10-6-7-11-24(23)20-30-19-22-8-4-3-5-9-22/h3-11,21H,12-20H2,1-2H3,(H,26,27). The molecule has 0 bridgehead atoms. The Balaban J connectivity index is 1.47. The Kier molecular flexibility index (Phi) is 9.19. The normalized spacial score (nSPS) is 15.2. The topological polar surface area (TPSA) is 46.1 Å². The van der Waals surface area contributed by atoms with Crippen LogP contribution in [0.25, 0.3) is 0 Å². The monoisotopic (exact) mass is 409 g/mol. The molecule has 2 aromatic carbocycles. The fourth-order valence-corrected chi connectivity index (χ4v) is 3.80. The highest BCUT2D eigenvalue weighted by Gasteiger charge is 2.15. The van der Waals surface area contributed by atoms with Crippen LogP contribution in [0, 0.1) is 5.92 Å². The first-order valence-corrected chi connectivity index (χ1v) is 10.9. The first kappa shape index (κ1) is 22.3. The van der Waals surface area contributed by atoms with E-state index in [1.165, 1.54) is 36.0 Å². The van der Waals surface area contributed by atoms with E-state index in [2.05, 4.69) is 58.7 Å². The number of hydrogen-bond donors (Lipinski definition) is 1. The molecule has 0 unspecified atom stereocenters. The molecule has 0 amide bonds. The van der Waals surface area contributed by atoms with Crippen LogP contribution in [0.5, 0.6) is 0 Å². The van der Waals surface area contributed by atoms with Gasteiger partial charge in [-0.2, -0.15) is 0 Å². The van der Waals surface area contributed by atoms with E-state index in [-0.39, 0.29) is 0 Å². The van der Waals surface area contributed by atoms with Gasteiger partial charge in [0, 0.05) is 40.4 Å². The molecule has 1 N–H and O–H groups in total. The minimum Gasteiger partial charge on any atom is -0.381 e. The highest BCUT2D eigenvalue weighted by atomic mass is 16.5. The molecular weight excluding hydrogens is 374 g/mol. The predicted molar refractivity (Wildman–Crippen MR) is 122 cm³/mol. The third-order valence-electron chi connectivity index (χ3n) is 5.71. The molecule has 30 heavy (non-hydrogen) atoms. The van der Waals surface area contributed by atoms with Crippen molar-refractivity contribution in [1.29, 1.82) is 0 Å². The lowest BCUT2D eigenvalue weighted by molar-refractivity contribution is 0.0625. The van der Waals surface area contributed by atoms with E-state index in [1.54, 1.807) is 0 Å². The fraction of sp³-hybridized carbons (Fsp3) is 0.480. The lowest BCUT2D eigenvalue weighted by atomic mass is 9.96. The fourth-order valence-electron chi connectivity index (χ4n) is 3.80. The van der Waals surface area contributed by atoms with Gasteiger partial charge in [0.2, 0.25) is 0 Å². The zero-order valence-corrected chi connectivity index (χ0v) is 18.3. The Labute approximate surface area is 181 Å². The molecule has 0 aromatic heterocycles. The maximum absolute atomic E-state index is 5.95. The first-order valence-electron chi connectivity index (χ1n) is 10.9. The van der Waals surface area contributed by atoms with Crippen LogP contribution in [0.2, 0.25) is 0 Å². The minimum atomic E-state index is 0.602. The zero-order chi connectivity index (χ0) is 21.0. The Morgan fingerprint density at radius 1 is 1.03 bits per heavy atom. The molecular formula is C25H35N3O2. The Bertz CT molecular complexity index is 773. The second-order valence-electron chi connectivity index (χ2n) is 7.91. The van der Waals surface area contributed by atoms with Crippen molar-refractivity contribution in [1.82, 2.24) is 10.2 Å². The molecule has 2 aromatic rings. The summed E-state index contributed by atoms with van der Waals surface area (Å²) in [6, 6.07) is 18.7. The number of aliphatic imine (C=N–C) groups is 1. The highest BCUT2D eigenvalue weighted by Crippen LogP contribution is 2.18. The van der Waals surface area contributed by atoms with Crippen molar-refractivity contribution in [2.45, 2.75) is 39.0 Å². The van der Waals surface area contributed by atoms with Gasteiger partial charge in [-0.3, -0.25) is 4.99 Å². The number of hydrogen-bond acceptors (Lipinski definition) is 3. The summed E-state index contributed by atoms with van der Waals surface area (Å²) in [5.41, 5.74) is 3.64. The van der Waals surface area contributed by atoms with Crippen molar-refractivity contribution < 1.29 is 9.47 Å². The van der Waals surface area contributed by atoms with Crippen LogP contribution in [0.15, 0.2) is 59.6 Å². The van der Waals surface area contributed by atoms with Gasteiger partial charge < -0.3 is 19.7 Å². The molecule has 5 nitrogen and oxygen atoms in total. The number of guanidine groups is 1. The van der Waals surface area contributed by atoms with Crippen LogP contribution in [0.1, 0.15) is 36.0 Å². The molecule has 0 aliphatic carbocycles. The van der Waals surface area contributed by atoms with Crippen molar-refractivity contribution in [2.24, 2.45) is 10.9 Å². The largest absolute Gasteiger partial charge is 0.381 e. The van der Waals surface area contributed by atoms with Crippen LogP contribution in [0.4, 0.5) is 0 Å². The van der Waals surface area contributed by atoms with Gasteiger partial charge in [-0.15, -0.1) is 0 Å². The summed E-state index contributed by atoms with van der Waals surface area (Å²) in [5.74, 6) is 1.70. The summed E-state index contributed by atoms with van der Waals surface area (Å²) in [7, 11) is 3.96. The molecule has 1 aliphatic rings. The van der Waals surface area contributed by atoms with Gasteiger partial charge >= 0.3 is 0 Å². The van der Waals surface area contributed by atoms with Gasteiger partial charge in [-0.05, 0) is 41.9 Å². The molecule has 1 aliphatic heterocycles. The lowest BCUT2D eigenvalue weighted by Crippen LogP contribution is -2.39. The van der Waals surface area contributed by atoms with E-state index in [1.807, 2.05) is 25.2 Å². The lowest BCUT2D eigenvalue weighted by Gasteiger charge is -2.27. The van der Waals surface area contributed by atoms with Crippen molar-refractivity contribution in [3.05, 3.63) is 71.3 Å². The Morgan fingerprint density at radius 3 is 2.47 bits per heavy atom. The van der Waals surface area contributed by atoms with Crippen LogP contribution in [-0.4, -0.2) is 44.7 Å². The van der Waals surface area contributed by atoms with Gasteiger partial charge in [0.15, 0.2) is 5.96 Å². The van der Waals surface area contributed by atoms with E-state index in [9.17, 15) is 0 Å². The van der Waals surface area contributed by atoms with Crippen LogP contribution >= 0.6 is 0 Å². The maximum Gasteiger partial charge on any atom is 0.193 e. The molecule has 5 heteroatoms. The zero-order valence-electron chi connectivity index (χ0n) is 18.3. The van der Waals surface area contributed by atoms with Gasteiger partial charge in [0.05, 0.1) is 13.2 Å². The summed E-state index contributed by atoms with van der Waals surface area (Å²) in [4.78, 5) is 6.70. The molecule has 0 radical (unpaired) electrons. The second-order valence-corrected chi connectivity index (χ2v) is 7.91. The summed E-state index contributed by atoms with van der Waals surface area (Å²) >= 11 is 0. The van der Waals surface area contributed by atoms with Crippen molar-refractivity contribution in [3.63, 3.8) is 0 Å². The molecule has 162 valence electrons. The van der Waals surface area contributed by atoms with Gasteiger partial charge in [0.1, 0.15) is 0 Å². The molecule has 0 spiro atoms. The molecule has 1 heterocycles. The average molecular weight is 410 g/mol. The number of rotatable bonds is 9. The number of nitrogens with zero attached hydrogens (tertiary/aromatic N) is 2. The maximum atomic E-state index is 5.95. The summed E-state index contributed by atoms with van der Waals surface area (Å²) in [6.07, 6.45) is 3.54. The number of ether oxygens (including phenoxy) is 2. The van der Waals surface area contributed by atoms with E-state index in [0.717, 1.165) is 38.2 Å². The van der Waals surface area contributed by atoms with E-state index in [4.69, 9.17) is 9.47 Å². The molecule has 3 rings (SSSR count). The second kappa shape index (κ2) is 12.4. The third kappa shape index (κ3) is 7.15. The van der Waals surface area contributed by atoms with Crippen molar-refractivity contribution in [2.75, 3.05) is 33.9 Å². The van der Waals surface area contributed by atoms with Gasteiger partial charge in [0.25, 0.3) is 0 Å². The first-order chi connectivity index (χ1) is 14.8. The van der Waals surface area contributed by atoms with Crippen LogP contribution in [-0.2, 0) is 29.2 Å². The Morgan fingerprint density at radius 2 is 1.73 bits per heavy atom. The van der Waals surface area contributed by atoms with Gasteiger partial charge in [-0.25, -0.2) is 0 Å². The molecule has 1 saturated heterocycles. The quantitative estimate of drug-likeness (QED) is 0.497. The SMILES string of the molecule is CN=C(NCc1ccccc1COCc1ccccc1)N(C)CCC1CCOCC1. The smallest absolute Gasteiger partial charge is 0.193 e. The summed E-state index contributed by atoms with van der Waals surface area (Å²) in [5, 5.41) is 3.52. The predicted octanol–water partition coefficient (Wildman–Crippen LogP) is 4.23. The van der Waals surface area contributed by atoms with Crippen LogP contribution < -0.4 is 5.32 Å². The minimum absolute atomic E-state index is 0.602. The van der Waals surface area contributed by atoms with Crippen molar-refractivity contribution >= 4 is 5.96 Å². The third-order valence-corrected chi connectivity index (χ3v) is 5.71. The average Bonchev–Trinajstić information content (AvgIpc) is 2.80. The molecule has 0 saturated carbocycles. The number of nitrogens with one attached hydrogen (secondary N) is 1. The van der Waals surface area contributed by atoms with E-state index in [0.29, 0.717) is 13.2 Å². The van der Waals surface area contributed by atoms with E-state index < -0.39 is 0 Å². The van der Waals surface area contributed by atoms with Gasteiger partial charge in [-0.1, -0.05) is 54.6 Å². The highest BCUT2D eigenvalue weighted by molar-refractivity contribution is 5.79. The molecule has 0 atom stereocenters. The van der Waals surface area contributed by atoms with E-state index >= 15 is 0 Å². The van der Waals surface area contributed by atoms with Crippen molar-refractivity contribution in [3.8, 4) is 0 Å².